The number of rotatable bonds is 5. The number of carbonyl (C=O) groups excluding carboxylic acids is 1. The predicted octanol–water partition coefficient (Wildman–Crippen LogP) is 2.10. The van der Waals surface area contributed by atoms with Crippen molar-refractivity contribution >= 4 is 5.91 Å². The Labute approximate surface area is 127 Å². The number of hydrogen-bond donors (Lipinski definition) is 0. The van der Waals surface area contributed by atoms with Crippen molar-refractivity contribution in [1.29, 1.82) is 0 Å². The van der Waals surface area contributed by atoms with Crippen LogP contribution in [0.25, 0.3) is 0 Å². The van der Waals surface area contributed by atoms with Gasteiger partial charge in [0.05, 0.1) is 0 Å². The molecule has 1 saturated heterocycles. The Morgan fingerprint density at radius 2 is 1.95 bits per heavy atom. The standard InChI is InChI=1S/C17H26N2O2/c1-14(2)16-6-4-5-15(11-16)12-18-7-9-19(10-8-18)17(20)13-21-3/h4-6,11,14H,7-10,12-13H2,1-3H3. The Balaban J connectivity index is 1.86. The van der Waals surface area contributed by atoms with Gasteiger partial charge in [0.25, 0.3) is 0 Å². The summed E-state index contributed by atoms with van der Waals surface area (Å²) >= 11 is 0. The first kappa shape index (κ1) is 16.0. The van der Waals surface area contributed by atoms with Crippen LogP contribution in [0, 0.1) is 0 Å². The van der Waals surface area contributed by atoms with Crippen molar-refractivity contribution < 1.29 is 9.53 Å². The van der Waals surface area contributed by atoms with Crippen LogP contribution in [0.15, 0.2) is 24.3 Å². The highest BCUT2D eigenvalue weighted by molar-refractivity contribution is 5.77. The van der Waals surface area contributed by atoms with E-state index < -0.39 is 0 Å². The zero-order valence-electron chi connectivity index (χ0n) is 13.3. The molecule has 0 aliphatic carbocycles. The summed E-state index contributed by atoms with van der Waals surface area (Å²) in [6.07, 6.45) is 0. The van der Waals surface area contributed by atoms with Gasteiger partial charge in [0.1, 0.15) is 6.61 Å². The molecular formula is C17H26N2O2. The molecule has 1 aromatic carbocycles. The normalized spacial score (nSPS) is 16.5. The quantitative estimate of drug-likeness (QED) is 0.832. The summed E-state index contributed by atoms with van der Waals surface area (Å²) < 4.78 is 4.91. The molecule has 0 unspecified atom stereocenters. The lowest BCUT2D eigenvalue weighted by Crippen LogP contribution is -2.49. The maximum Gasteiger partial charge on any atom is 0.248 e. The summed E-state index contributed by atoms with van der Waals surface area (Å²) in [7, 11) is 1.57. The molecule has 1 heterocycles. The molecule has 1 aromatic rings. The summed E-state index contributed by atoms with van der Waals surface area (Å²) in [5, 5.41) is 0. The minimum atomic E-state index is 0.0963. The molecule has 0 N–H and O–H groups in total. The molecule has 1 fully saturated rings. The van der Waals surface area contributed by atoms with Crippen LogP contribution in [-0.2, 0) is 16.1 Å². The Morgan fingerprint density at radius 1 is 1.24 bits per heavy atom. The van der Waals surface area contributed by atoms with Crippen LogP contribution in [-0.4, -0.2) is 55.6 Å². The second-order valence-electron chi connectivity index (χ2n) is 5.99. The largest absolute Gasteiger partial charge is 0.375 e. The highest BCUT2D eigenvalue weighted by Gasteiger charge is 2.20. The number of amides is 1. The number of nitrogens with zero attached hydrogens (tertiary/aromatic N) is 2. The molecule has 1 amide bonds. The average molecular weight is 290 g/mol. The van der Waals surface area contributed by atoms with E-state index in [1.807, 2.05) is 4.90 Å². The first-order valence-corrected chi connectivity index (χ1v) is 7.68. The maximum absolute atomic E-state index is 11.8. The third-order valence-electron chi connectivity index (χ3n) is 4.02. The van der Waals surface area contributed by atoms with Gasteiger partial charge in [-0.3, -0.25) is 9.69 Å². The third-order valence-corrected chi connectivity index (χ3v) is 4.02. The smallest absolute Gasteiger partial charge is 0.248 e. The lowest BCUT2D eigenvalue weighted by molar-refractivity contribution is -0.136. The van der Waals surface area contributed by atoms with Crippen LogP contribution in [0.5, 0.6) is 0 Å². The predicted molar refractivity (Wildman–Crippen MR) is 84.3 cm³/mol. The van der Waals surface area contributed by atoms with Gasteiger partial charge >= 0.3 is 0 Å². The second-order valence-corrected chi connectivity index (χ2v) is 5.99. The van der Waals surface area contributed by atoms with E-state index >= 15 is 0 Å². The van der Waals surface area contributed by atoms with Gasteiger partial charge in [0.15, 0.2) is 0 Å². The Bertz CT molecular complexity index is 466. The zero-order chi connectivity index (χ0) is 15.2. The molecule has 0 atom stereocenters. The summed E-state index contributed by atoms with van der Waals surface area (Å²) in [6, 6.07) is 8.82. The van der Waals surface area contributed by atoms with E-state index in [-0.39, 0.29) is 12.5 Å². The molecule has 1 aliphatic heterocycles. The summed E-state index contributed by atoms with van der Waals surface area (Å²) in [5.74, 6) is 0.660. The topological polar surface area (TPSA) is 32.8 Å². The summed E-state index contributed by atoms with van der Waals surface area (Å²) in [4.78, 5) is 16.1. The lowest BCUT2D eigenvalue weighted by Gasteiger charge is -2.34. The fourth-order valence-corrected chi connectivity index (χ4v) is 2.68. The van der Waals surface area contributed by atoms with Gasteiger partial charge in [0, 0.05) is 39.8 Å². The van der Waals surface area contributed by atoms with E-state index in [0.717, 1.165) is 32.7 Å². The monoisotopic (exact) mass is 290 g/mol. The van der Waals surface area contributed by atoms with E-state index in [2.05, 4.69) is 43.0 Å². The second kappa shape index (κ2) is 7.57. The molecule has 0 radical (unpaired) electrons. The molecule has 0 spiro atoms. The van der Waals surface area contributed by atoms with Crippen LogP contribution >= 0.6 is 0 Å². The molecule has 4 heteroatoms. The van der Waals surface area contributed by atoms with Crippen molar-refractivity contribution in [2.45, 2.75) is 26.3 Å². The van der Waals surface area contributed by atoms with Gasteiger partial charge in [-0.25, -0.2) is 0 Å². The molecule has 2 rings (SSSR count). The third kappa shape index (κ3) is 4.55. The van der Waals surface area contributed by atoms with E-state index in [1.54, 1.807) is 7.11 Å². The van der Waals surface area contributed by atoms with Crippen LogP contribution in [0.1, 0.15) is 30.9 Å². The molecular weight excluding hydrogens is 264 g/mol. The van der Waals surface area contributed by atoms with E-state index in [0.29, 0.717) is 5.92 Å². The van der Waals surface area contributed by atoms with Crippen LogP contribution in [0.3, 0.4) is 0 Å². The van der Waals surface area contributed by atoms with E-state index in [4.69, 9.17) is 4.74 Å². The number of carbonyl (C=O) groups is 1. The van der Waals surface area contributed by atoms with Crippen molar-refractivity contribution in [1.82, 2.24) is 9.80 Å². The first-order chi connectivity index (χ1) is 10.1. The van der Waals surface area contributed by atoms with Crippen molar-refractivity contribution in [3.05, 3.63) is 35.4 Å². The van der Waals surface area contributed by atoms with E-state index in [1.165, 1.54) is 11.1 Å². The highest BCUT2D eigenvalue weighted by Crippen LogP contribution is 2.17. The molecule has 1 aliphatic rings. The van der Waals surface area contributed by atoms with Gasteiger partial charge in [-0.15, -0.1) is 0 Å². The van der Waals surface area contributed by atoms with Gasteiger partial charge in [0.2, 0.25) is 5.91 Å². The zero-order valence-corrected chi connectivity index (χ0v) is 13.3. The van der Waals surface area contributed by atoms with Crippen LogP contribution in [0.4, 0.5) is 0 Å². The Hall–Kier alpha value is -1.39. The van der Waals surface area contributed by atoms with E-state index in [9.17, 15) is 4.79 Å². The highest BCUT2D eigenvalue weighted by atomic mass is 16.5. The molecule has 21 heavy (non-hydrogen) atoms. The molecule has 0 saturated carbocycles. The summed E-state index contributed by atoms with van der Waals surface area (Å²) in [6.45, 7) is 9.06. The summed E-state index contributed by atoms with van der Waals surface area (Å²) in [5.41, 5.74) is 2.75. The van der Waals surface area contributed by atoms with Crippen molar-refractivity contribution in [3.63, 3.8) is 0 Å². The minimum Gasteiger partial charge on any atom is -0.375 e. The first-order valence-electron chi connectivity index (χ1n) is 7.68. The molecule has 4 nitrogen and oxygen atoms in total. The maximum atomic E-state index is 11.8. The van der Waals surface area contributed by atoms with Crippen molar-refractivity contribution in [3.8, 4) is 0 Å². The van der Waals surface area contributed by atoms with Gasteiger partial charge < -0.3 is 9.64 Å². The number of ether oxygens (including phenoxy) is 1. The Kier molecular flexibility index (Phi) is 5.76. The van der Waals surface area contributed by atoms with Gasteiger partial charge in [-0.05, 0) is 17.0 Å². The van der Waals surface area contributed by atoms with Crippen molar-refractivity contribution in [2.75, 3.05) is 39.9 Å². The van der Waals surface area contributed by atoms with Gasteiger partial charge in [-0.2, -0.15) is 0 Å². The lowest BCUT2D eigenvalue weighted by atomic mass is 10.0. The molecule has 0 aromatic heterocycles. The number of benzene rings is 1. The van der Waals surface area contributed by atoms with Gasteiger partial charge in [-0.1, -0.05) is 38.1 Å². The van der Waals surface area contributed by atoms with Crippen LogP contribution < -0.4 is 0 Å². The molecule has 0 bridgehead atoms. The van der Waals surface area contributed by atoms with Crippen molar-refractivity contribution in [2.24, 2.45) is 0 Å². The molecule has 116 valence electrons. The SMILES string of the molecule is COCC(=O)N1CCN(Cc2cccc(C(C)C)c2)CC1. The number of methoxy groups -OCH3 is 1. The Morgan fingerprint density at radius 3 is 2.57 bits per heavy atom. The number of piperazine rings is 1. The number of hydrogen-bond acceptors (Lipinski definition) is 3. The minimum absolute atomic E-state index is 0.0963. The fraction of sp³-hybridized carbons (Fsp3) is 0.588. The average Bonchev–Trinajstić information content (AvgIpc) is 2.48. The fourth-order valence-electron chi connectivity index (χ4n) is 2.68. The van der Waals surface area contributed by atoms with Crippen LogP contribution in [0.2, 0.25) is 0 Å².